The highest BCUT2D eigenvalue weighted by molar-refractivity contribution is 6.17. The predicted octanol–water partition coefficient (Wildman–Crippen LogP) is 2.54. The number of rotatable bonds is 3. The first-order valence-corrected chi connectivity index (χ1v) is 4.47. The molecule has 0 N–H and O–H groups in total. The van der Waals surface area contributed by atoms with E-state index in [1.165, 1.54) is 6.07 Å². The number of nitriles is 1. The van der Waals surface area contributed by atoms with Crippen LogP contribution in [-0.4, -0.2) is 9.91 Å². The van der Waals surface area contributed by atoms with Crippen LogP contribution in [-0.2, 0) is 5.88 Å². The molecule has 1 rings (SSSR count). The highest BCUT2D eigenvalue weighted by Gasteiger charge is 2.26. The van der Waals surface area contributed by atoms with E-state index in [-0.39, 0.29) is 11.4 Å². The maximum absolute atomic E-state index is 12.5. The Morgan fingerprint density at radius 3 is 2.69 bits per heavy atom. The van der Waals surface area contributed by atoms with Gasteiger partial charge in [0, 0.05) is 11.9 Å². The maximum atomic E-state index is 12.5. The average Bonchev–Trinajstić information content (AvgIpc) is 2.26. The molecular weight excluding hydrogens is 244 g/mol. The van der Waals surface area contributed by atoms with Gasteiger partial charge in [0.15, 0.2) is 0 Å². The molecule has 0 fully saturated rings. The third-order valence-corrected chi connectivity index (χ3v) is 2.05. The third kappa shape index (κ3) is 2.23. The number of halogens is 3. The van der Waals surface area contributed by atoms with Crippen molar-refractivity contribution in [3.05, 3.63) is 33.0 Å². The molecule has 0 atom stereocenters. The predicted molar refractivity (Wildman–Crippen MR) is 50.1 cm³/mol. The lowest BCUT2D eigenvalue weighted by Gasteiger charge is -2.02. The molecule has 0 radical (unpaired) electrons. The van der Waals surface area contributed by atoms with Crippen molar-refractivity contribution in [2.45, 2.75) is 12.3 Å². The van der Waals surface area contributed by atoms with Gasteiger partial charge >= 0.3 is 12.2 Å². The lowest BCUT2D eigenvalue weighted by molar-refractivity contribution is -0.389. The minimum atomic E-state index is -3.06. The molecule has 84 valence electrons. The van der Waals surface area contributed by atoms with Crippen molar-refractivity contribution in [2.24, 2.45) is 0 Å². The Bertz CT molecular complexity index is 473. The zero-order chi connectivity index (χ0) is 12.3. The fourth-order valence-corrected chi connectivity index (χ4v) is 1.30. The third-order valence-electron chi connectivity index (χ3n) is 1.77. The van der Waals surface area contributed by atoms with E-state index < -0.39 is 28.4 Å². The quantitative estimate of drug-likeness (QED) is 0.467. The second-order valence-electron chi connectivity index (χ2n) is 2.70. The van der Waals surface area contributed by atoms with Gasteiger partial charge in [0.1, 0.15) is 11.6 Å². The van der Waals surface area contributed by atoms with E-state index in [0.29, 0.717) is 0 Å². The Balaban J connectivity index is 3.51. The molecule has 0 unspecified atom stereocenters. The highest BCUT2D eigenvalue weighted by atomic mass is 35.5. The van der Waals surface area contributed by atoms with Crippen molar-refractivity contribution in [1.82, 2.24) is 4.98 Å². The van der Waals surface area contributed by atoms with E-state index in [1.54, 1.807) is 0 Å². The maximum Gasteiger partial charge on any atom is 0.364 e. The molecule has 1 aromatic rings. The van der Waals surface area contributed by atoms with Crippen molar-refractivity contribution in [2.75, 3.05) is 0 Å². The summed E-state index contributed by atoms with van der Waals surface area (Å²) >= 11 is 5.42. The summed E-state index contributed by atoms with van der Waals surface area (Å²) < 4.78 is 25.0. The zero-order valence-corrected chi connectivity index (χ0v) is 8.41. The molecule has 0 aliphatic rings. The molecule has 0 amide bonds. The number of hydrogen-bond acceptors (Lipinski definition) is 4. The molecule has 0 saturated heterocycles. The van der Waals surface area contributed by atoms with Crippen LogP contribution in [0.4, 0.5) is 14.6 Å². The summed E-state index contributed by atoms with van der Waals surface area (Å²) in [5, 5.41) is 19.1. The summed E-state index contributed by atoms with van der Waals surface area (Å²) in [6.45, 7) is 0. The molecule has 0 bridgehead atoms. The average molecular weight is 248 g/mol. The molecule has 0 aromatic carbocycles. The van der Waals surface area contributed by atoms with Crippen LogP contribution in [0.2, 0.25) is 0 Å². The van der Waals surface area contributed by atoms with Gasteiger partial charge in [-0.2, -0.15) is 5.26 Å². The minimum Gasteiger partial charge on any atom is -0.358 e. The molecule has 0 aliphatic heterocycles. The molecule has 5 nitrogen and oxygen atoms in total. The molecule has 1 heterocycles. The van der Waals surface area contributed by atoms with Gasteiger partial charge in [-0.15, -0.1) is 11.6 Å². The number of nitrogens with zero attached hydrogens (tertiary/aromatic N) is 3. The molecule has 8 heteroatoms. The number of pyridine rings is 1. The molecule has 0 saturated carbocycles. The number of alkyl halides is 3. The van der Waals surface area contributed by atoms with Crippen LogP contribution in [0, 0.1) is 21.4 Å². The number of nitro groups is 1. The van der Waals surface area contributed by atoms with Crippen LogP contribution in [0.5, 0.6) is 0 Å². The summed E-state index contributed by atoms with van der Waals surface area (Å²) in [6.07, 6.45) is -3.06. The Morgan fingerprint density at radius 2 is 2.31 bits per heavy atom. The topological polar surface area (TPSA) is 79.8 Å². The van der Waals surface area contributed by atoms with Crippen LogP contribution < -0.4 is 0 Å². The van der Waals surface area contributed by atoms with Gasteiger partial charge in [0.05, 0.1) is 0 Å². The molecule has 16 heavy (non-hydrogen) atoms. The largest absolute Gasteiger partial charge is 0.364 e. The summed E-state index contributed by atoms with van der Waals surface area (Å²) in [7, 11) is 0. The van der Waals surface area contributed by atoms with E-state index >= 15 is 0 Å². The van der Waals surface area contributed by atoms with Gasteiger partial charge in [-0.25, -0.2) is 8.78 Å². The monoisotopic (exact) mass is 247 g/mol. The van der Waals surface area contributed by atoms with Crippen LogP contribution in [0.1, 0.15) is 23.2 Å². The SMILES string of the molecule is N#Cc1c(CCl)cc([N+](=O)[O-])nc1C(F)F. The molecule has 0 spiro atoms. The molecular formula is C8H4ClF2N3O2. The van der Waals surface area contributed by atoms with Gasteiger partial charge in [-0.3, -0.25) is 0 Å². The standard InChI is InChI=1S/C8H4ClF2N3O2/c9-2-4-1-6(14(15)16)13-7(8(10)11)5(4)3-12/h1,8H,2H2. The van der Waals surface area contributed by atoms with Gasteiger partial charge in [0.25, 0.3) is 0 Å². The van der Waals surface area contributed by atoms with E-state index in [4.69, 9.17) is 16.9 Å². The Hall–Kier alpha value is -1.81. The smallest absolute Gasteiger partial charge is 0.358 e. The van der Waals surface area contributed by atoms with Gasteiger partial charge in [-0.1, -0.05) is 0 Å². The van der Waals surface area contributed by atoms with Crippen molar-refractivity contribution in [1.29, 1.82) is 5.26 Å². The summed E-state index contributed by atoms with van der Waals surface area (Å²) in [6, 6.07) is 2.43. The van der Waals surface area contributed by atoms with Crippen molar-refractivity contribution in [3.8, 4) is 6.07 Å². The first kappa shape index (κ1) is 12.3. The lowest BCUT2D eigenvalue weighted by Crippen LogP contribution is -2.03. The Labute approximate surface area is 93.4 Å². The summed E-state index contributed by atoms with van der Waals surface area (Å²) in [5.74, 6) is -1.02. The van der Waals surface area contributed by atoms with Crippen LogP contribution in [0.3, 0.4) is 0 Å². The van der Waals surface area contributed by atoms with Crippen LogP contribution in [0.25, 0.3) is 0 Å². The molecule has 1 aromatic heterocycles. The Morgan fingerprint density at radius 1 is 1.69 bits per heavy atom. The van der Waals surface area contributed by atoms with Gasteiger partial charge < -0.3 is 10.1 Å². The van der Waals surface area contributed by atoms with Gasteiger partial charge in [-0.05, 0) is 15.5 Å². The normalized spacial score (nSPS) is 10.2. The fraction of sp³-hybridized carbons (Fsp3) is 0.250. The van der Waals surface area contributed by atoms with Crippen molar-refractivity contribution < 1.29 is 13.7 Å². The highest BCUT2D eigenvalue weighted by Crippen LogP contribution is 2.27. The van der Waals surface area contributed by atoms with Gasteiger partial charge in [0.2, 0.25) is 5.69 Å². The number of aromatic nitrogens is 1. The fourth-order valence-electron chi connectivity index (χ4n) is 1.09. The van der Waals surface area contributed by atoms with E-state index in [1.807, 2.05) is 0 Å². The second kappa shape index (κ2) is 4.81. The minimum absolute atomic E-state index is 0.0267. The van der Waals surface area contributed by atoms with Crippen molar-refractivity contribution >= 4 is 17.4 Å². The lowest BCUT2D eigenvalue weighted by atomic mass is 10.1. The zero-order valence-electron chi connectivity index (χ0n) is 7.65. The van der Waals surface area contributed by atoms with E-state index in [2.05, 4.69) is 4.98 Å². The summed E-state index contributed by atoms with van der Waals surface area (Å²) in [5.41, 5.74) is -1.34. The van der Waals surface area contributed by atoms with E-state index in [0.717, 1.165) is 6.07 Å². The molecule has 0 aliphatic carbocycles. The van der Waals surface area contributed by atoms with Crippen molar-refractivity contribution in [3.63, 3.8) is 0 Å². The summed E-state index contributed by atoms with van der Waals surface area (Å²) in [4.78, 5) is 12.6. The first-order chi connectivity index (χ1) is 7.51. The van der Waals surface area contributed by atoms with Crippen LogP contribution >= 0.6 is 11.6 Å². The number of hydrogen-bond donors (Lipinski definition) is 0. The Kier molecular flexibility index (Phi) is 3.68. The van der Waals surface area contributed by atoms with E-state index in [9.17, 15) is 18.9 Å². The first-order valence-electron chi connectivity index (χ1n) is 3.93. The van der Waals surface area contributed by atoms with Crippen LogP contribution in [0.15, 0.2) is 6.07 Å². The second-order valence-corrected chi connectivity index (χ2v) is 2.97.